The molecule has 2 fully saturated rings. The Hall–Kier alpha value is -3.09. The molecule has 4 rings (SSSR count). The van der Waals surface area contributed by atoms with Gasteiger partial charge in [-0.2, -0.15) is 8.78 Å². The lowest BCUT2D eigenvalue weighted by Crippen LogP contribution is -2.39. The third-order valence-electron chi connectivity index (χ3n) is 8.45. The fraction of sp³-hybridized carbons (Fsp3) is 0.576. The zero-order valence-electron chi connectivity index (χ0n) is 25.3. The Morgan fingerprint density at radius 2 is 1.41 bits per heavy atom. The summed E-state index contributed by atoms with van der Waals surface area (Å²) in [5.41, 5.74) is -0.544. The molecule has 46 heavy (non-hydrogen) atoms. The number of unbranched alkanes of at least 4 members (excludes halogenated alkanes) is 1. The van der Waals surface area contributed by atoms with Crippen molar-refractivity contribution < 1.29 is 58.5 Å². The normalized spacial score (nSPS) is 23.1. The van der Waals surface area contributed by atoms with E-state index in [1.807, 2.05) is 6.92 Å². The van der Waals surface area contributed by atoms with E-state index in [0.717, 1.165) is 43.2 Å². The van der Waals surface area contributed by atoms with Crippen molar-refractivity contribution in [1.29, 1.82) is 0 Å². The summed E-state index contributed by atoms with van der Waals surface area (Å²) in [6.07, 6.45) is -6.33. The predicted molar refractivity (Wildman–Crippen MR) is 152 cm³/mol. The summed E-state index contributed by atoms with van der Waals surface area (Å²) in [5, 5.41) is 0. The van der Waals surface area contributed by atoms with Gasteiger partial charge in [0.2, 0.25) is 0 Å². The lowest BCUT2D eigenvalue weighted by atomic mass is 9.80. The van der Waals surface area contributed by atoms with Gasteiger partial charge >= 0.3 is 12.5 Å². The maximum absolute atomic E-state index is 15.1. The van der Waals surface area contributed by atoms with E-state index < -0.39 is 65.0 Å². The average molecular weight is 669 g/mol. The Labute approximate surface area is 261 Å². The molecule has 0 radical (unpaired) electrons. The Morgan fingerprint density at radius 3 is 2.02 bits per heavy atom. The first-order chi connectivity index (χ1) is 21.8. The van der Waals surface area contributed by atoms with E-state index in [0.29, 0.717) is 32.3 Å². The first-order valence-corrected chi connectivity index (χ1v) is 15.5. The molecule has 0 spiro atoms. The minimum atomic E-state index is -5.03. The molecule has 0 N–H and O–H groups in total. The van der Waals surface area contributed by atoms with Gasteiger partial charge in [0.25, 0.3) is 0 Å². The molecule has 0 saturated heterocycles. The molecule has 0 atom stereocenters. The van der Waals surface area contributed by atoms with Crippen LogP contribution in [0.1, 0.15) is 76.7 Å². The lowest BCUT2D eigenvalue weighted by molar-refractivity contribution is -0.301. The van der Waals surface area contributed by atoms with Crippen molar-refractivity contribution in [3.05, 3.63) is 59.4 Å². The van der Waals surface area contributed by atoms with E-state index in [2.05, 4.69) is 4.74 Å². The van der Waals surface area contributed by atoms with Crippen molar-refractivity contribution in [1.82, 2.24) is 0 Å². The van der Waals surface area contributed by atoms with Crippen LogP contribution >= 0.6 is 0 Å². The van der Waals surface area contributed by atoms with Crippen LogP contribution in [0.2, 0.25) is 0 Å². The molecule has 2 aromatic carbocycles. The van der Waals surface area contributed by atoms with Gasteiger partial charge < -0.3 is 18.9 Å². The smallest absolute Gasteiger partial charge is 0.493 e. The van der Waals surface area contributed by atoms with Crippen LogP contribution in [-0.2, 0) is 4.74 Å². The third kappa shape index (κ3) is 9.95. The summed E-state index contributed by atoms with van der Waals surface area (Å²) >= 11 is 0. The van der Waals surface area contributed by atoms with Gasteiger partial charge in [-0.25, -0.2) is 17.6 Å². The van der Waals surface area contributed by atoms with Crippen LogP contribution in [0.5, 0.6) is 17.2 Å². The number of hydrogen-bond donors (Lipinski definition) is 0. The van der Waals surface area contributed by atoms with Gasteiger partial charge in [-0.1, -0.05) is 13.3 Å². The molecule has 0 aromatic heterocycles. The number of hydrogen-bond acceptors (Lipinski definition) is 4. The molecule has 2 saturated carbocycles. The van der Waals surface area contributed by atoms with Crippen LogP contribution in [-0.4, -0.2) is 31.8 Å². The molecule has 2 aromatic rings. The molecule has 256 valence electrons. The lowest BCUT2D eigenvalue weighted by Gasteiger charge is -2.36. The van der Waals surface area contributed by atoms with Gasteiger partial charge in [-0.3, -0.25) is 0 Å². The second-order valence-corrected chi connectivity index (χ2v) is 11.8. The van der Waals surface area contributed by atoms with E-state index in [-0.39, 0.29) is 49.7 Å². The van der Waals surface area contributed by atoms with Crippen LogP contribution in [0.15, 0.2) is 42.2 Å². The zero-order valence-corrected chi connectivity index (χ0v) is 25.3. The summed E-state index contributed by atoms with van der Waals surface area (Å²) in [4.78, 5) is 0. The fourth-order valence-electron chi connectivity index (χ4n) is 5.82. The number of allylic oxidation sites excluding steroid dienone is 1. The summed E-state index contributed by atoms with van der Waals surface area (Å²) in [6.45, 7) is 2.45. The first-order valence-electron chi connectivity index (χ1n) is 15.5. The van der Waals surface area contributed by atoms with Crippen LogP contribution in [0.4, 0.5) is 39.5 Å². The van der Waals surface area contributed by atoms with E-state index in [9.17, 15) is 26.3 Å². The van der Waals surface area contributed by atoms with Gasteiger partial charge in [0.15, 0.2) is 17.4 Å². The largest absolute Gasteiger partial charge is 0.573 e. The van der Waals surface area contributed by atoms with E-state index in [1.165, 1.54) is 6.07 Å². The Kier molecular flexibility index (Phi) is 12.2. The summed E-state index contributed by atoms with van der Waals surface area (Å²) in [5.74, 6) is -7.68. The number of alkyl halides is 5. The van der Waals surface area contributed by atoms with Crippen molar-refractivity contribution in [2.75, 3.05) is 13.2 Å². The Bertz CT molecular complexity index is 1310. The number of ether oxygens (including phenoxy) is 4. The highest BCUT2D eigenvalue weighted by Gasteiger charge is 2.45. The van der Waals surface area contributed by atoms with Crippen LogP contribution in [0.3, 0.4) is 0 Å². The molecular weight excluding hydrogens is 631 g/mol. The van der Waals surface area contributed by atoms with Crippen molar-refractivity contribution in [2.24, 2.45) is 17.8 Å². The minimum absolute atomic E-state index is 0.00847. The van der Waals surface area contributed by atoms with Crippen LogP contribution in [0, 0.1) is 29.4 Å². The monoisotopic (exact) mass is 668 g/mol. The van der Waals surface area contributed by atoms with Crippen molar-refractivity contribution in [2.45, 2.75) is 89.7 Å². The van der Waals surface area contributed by atoms with Gasteiger partial charge in [-0.15, -0.1) is 13.2 Å². The molecule has 2 aliphatic carbocycles. The molecule has 0 bridgehead atoms. The SMILES string of the molecule is CCCCOc1ccc(/C(F)=C(\F)C2CCC(C(F)(F)OC3CCC(COc4ccc(OC(F)(F)F)c(F)c4)CC3)CC2)c(F)c1. The number of rotatable bonds is 13. The van der Waals surface area contributed by atoms with Gasteiger partial charge in [-0.05, 0) is 88.0 Å². The maximum Gasteiger partial charge on any atom is 0.573 e. The molecule has 0 aliphatic heterocycles. The molecular formula is C33H37F9O4. The van der Waals surface area contributed by atoms with Gasteiger partial charge in [0, 0.05) is 23.6 Å². The molecule has 13 heteroatoms. The number of halogens is 9. The maximum atomic E-state index is 15.1. The second kappa shape index (κ2) is 15.7. The van der Waals surface area contributed by atoms with Gasteiger partial charge in [0.1, 0.15) is 23.1 Å². The van der Waals surface area contributed by atoms with E-state index >= 15 is 13.2 Å². The molecule has 0 heterocycles. The molecule has 2 aliphatic rings. The van der Waals surface area contributed by atoms with Crippen LogP contribution < -0.4 is 14.2 Å². The van der Waals surface area contributed by atoms with Crippen LogP contribution in [0.25, 0.3) is 5.83 Å². The van der Waals surface area contributed by atoms with Crippen molar-refractivity contribution >= 4 is 5.83 Å². The summed E-state index contributed by atoms with van der Waals surface area (Å²) in [7, 11) is 0. The number of benzene rings is 2. The Balaban J connectivity index is 1.22. The fourth-order valence-corrected chi connectivity index (χ4v) is 5.82. The quantitative estimate of drug-likeness (QED) is 0.157. The highest BCUT2D eigenvalue weighted by atomic mass is 19.4. The highest BCUT2D eigenvalue weighted by Crippen LogP contribution is 2.45. The van der Waals surface area contributed by atoms with Gasteiger partial charge in [0.05, 0.1) is 25.2 Å². The Morgan fingerprint density at radius 1 is 0.783 bits per heavy atom. The molecule has 0 amide bonds. The molecule has 4 nitrogen and oxygen atoms in total. The predicted octanol–water partition coefficient (Wildman–Crippen LogP) is 10.7. The van der Waals surface area contributed by atoms with Crippen molar-refractivity contribution in [3.63, 3.8) is 0 Å². The summed E-state index contributed by atoms with van der Waals surface area (Å²) < 4.78 is 145. The zero-order chi connectivity index (χ0) is 33.5. The summed E-state index contributed by atoms with van der Waals surface area (Å²) in [6, 6.07) is 6.19. The third-order valence-corrected chi connectivity index (χ3v) is 8.45. The highest BCUT2D eigenvalue weighted by molar-refractivity contribution is 5.62. The molecule has 0 unspecified atom stereocenters. The van der Waals surface area contributed by atoms with Crippen molar-refractivity contribution in [3.8, 4) is 17.2 Å². The van der Waals surface area contributed by atoms with E-state index in [1.54, 1.807) is 0 Å². The first kappa shape index (κ1) is 35.8. The van der Waals surface area contributed by atoms with E-state index in [4.69, 9.17) is 14.2 Å². The second-order valence-electron chi connectivity index (χ2n) is 11.8. The standard InChI is InChI=1S/C33H37F9O4/c1-2-3-16-43-24-12-14-26(27(34)17-24)31(37)30(36)21-6-8-22(9-7-21)32(38,39)45-23-10-4-20(5-11-23)19-44-25-13-15-29(28(35)18-25)46-33(40,41)42/h12-15,17-18,20-23H,2-11,16,19H2,1H3/b31-30+. The average Bonchev–Trinajstić information content (AvgIpc) is 3.01. The minimum Gasteiger partial charge on any atom is -0.493 e. The topological polar surface area (TPSA) is 36.9 Å².